The molecule has 21 heavy (non-hydrogen) atoms. The van der Waals surface area contributed by atoms with E-state index in [0.29, 0.717) is 13.2 Å². The highest BCUT2D eigenvalue weighted by atomic mass is 32.1. The van der Waals surface area contributed by atoms with Crippen LogP contribution in [-0.4, -0.2) is 18.3 Å². The quantitative estimate of drug-likeness (QED) is 0.920. The maximum atomic E-state index is 10.8. The van der Waals surface area contributed by atoms with Crippen molar-refractivity contribution in [3.63, 3.8) is 0 Å². The average molecular weight is 302 g/mol. The minimum atomic E-state index is -0.477. The summed E-state index contributed by atoms with van der Waals surface area (Å²) in [5.41, 5.74) is 2.25. The van der Waals surface area contributed by atoms with Crippen LogP contribution in [0.25, 0.3) is 0 Å². The summed E-state index contributed by atoms with van der Waals surface area (Å²) in [6.45, 7) is 1.17. The summed E-state index contributed by atoms with van der Waals surface area (Å²) >= 11 is 1.81. The Labute approximate surface area is 128 Å². The second-order valence-electron chi connectivity index (χ2n) is 5.65. The molecular weight excluding hydrogens is 284 g/mol. The lowest BCUT2D eigenvalue weighted by Crippen LogP contribution is -2.18. The van der Waals surface area contributed by atoms with Gasteiger partial charge in [-0.3, -0.25) is 0 Å². The first-order valence-corrected chi connectivity index (χ1v) is 8.35. The molecule has 1 aromatic carbocycles. The van der Waals surface area contributed by atoms with Crippen LogP contribution in [0.1, 0.15) is 40.9 Å². The molecule has 0 amide bonds. The topological polar surface area (TPSA) is 38.7 Å². The van der Waals surface area contributed by atoms with Gasteiger partial charge in [-0.1, -0.05) is 6.07 Å². The van der Waals surface area contributed by atoms with Crippen LogP contribution in [0.2, 0.25) is 0 Å². The van der Waals surface area contributed by atoms with Crippen molar-refractivity contribution >= 4 is 11.3 Å². The van der Waals surface area contributed by atoms with Crippen LogP contribution in [0.3, 0.4) is 0 Å². The standard InChI is InChI=1S/C17H18O3S/c18-17(13-2-1-3-16-12(13)6-9-21-16)11-4-5-14-15(10-11)20-8-7-19-14/h4-6,9-10,13,17-18H,1-3,7-8H2. The monoisotopic (exact) mass is 302 g/mol. The second-order valence-corrected chi connectivity index (χ2v) is 6.65. The number of benzene rings is 1. The fourth-order valence-electron chi connectivity index (χ4n) is 3.33. The summed E-state index contributed by atoms with van der Waals surface area (Å²) in [6, 6.07) is 7.97. The van der Waals surface area contributed by atoms with Crippen molar-refractivity contribution in [2.45, 2.75) is 31.3 Å². The molecule has 110 valence electrons. The third-order valence-electron chi connectivity index (χ3n) is 4.39. The summed E-state index contributed by atoms with van der Waals surface area (Å²) in [7, 11) is 0. The minimum absolute atomic E-state index is 0.197. The van der Waals surface area contributed by atoms with E-state index in [0.717, 1.165) is 36.3 Å². The molecule has 0 bridgehead atoms. The van der Waals surface area contributed by atoms with Gasteiger partial charge in [0.15, 0.2) is 11.5 Å². The number of aryl methyl sites for hydroxylation is 1. The molecule has 2 aromatic rings. The number of ether oxygens (including phenoxy) is 2. The average Bonchev–Trinajstić information content (AvgIpc) is 3.02. The van der Waals surface area contributed by atoms with E-state index in [1.165, 1.54) is 10.4 Å². The maximum Gasteiger partial charge on any atom is 0.161 e. The van der Waals surface area contributed by atoms with Crippen LogP contribution < -0.4 is 9.47 Å². The van der Waals surface area contributed by atoms with E-state index >= 15 is 0 Å². The van der Waals surface area contributed by atoms with Gasteiger partial charge in [0, 0.05) is 10.8 Å². The first-order valence-electron chi connectivity index (χ1n) is 7.47. The number of rotatable bonds is 2. The molecule has 4 rings (SSSR count). The molecule has 2 unspecified atom stereocenters. The Bertz CT molecular complexity index is 649. The van der Waals surface area contributed by atoms with Crippen LogP contribution in [0, 0.1) is 0 Å². The van der Waals surface area contributed by atoms with Crippen molar-refractivity contribution < 1.29 is 14.6 Å². The SMILES string of the molecule is OC(c1ccc2c(c1)OCCO2)C1CCCc2sccc21. The molecule has 0 radical (unpaired) electrons. The fraction of sp³-hybridized carbons (Fsp3) is 0.412. The van der Waals surface area contributed by atoms with Gasteiger partial charge in [-0.2, -0.15) is 0 Å². The predicted octanol–water partition coefficient (Wildman–Crippen LogP) is 3.67. The van der Waals surface area contributed by atoms with Crippen molar-refractivity contribution in [1.29, 1.82) is 0 Å². The van der Waals surface area contributed by atoms with Gasteiger partial charge in [-0.25, -0.2) is 0 Å². The van der Waals surface area contributed by atoms with Crippen molar-refractivity contribution in [1.82, 2.24) is 0 Å². The molecule has 0 fully saturated rings. The molecule has 0 saturated carbocycles. The molecule has 1 aliphatic heterocycles. The molecule has 2 heterocycles. The second kappa shape index (κ2) is 5.35. The lowest BCUT2D eigenvalue weighted by Gasteiger charge is -2.28. The summed E-state index contributed by atoms with van der Waals surface area (Å²) in [5, 5.41) is 13.0. The highest BCUT2D eigenvalue weighted by Gasteiger charge is 2.29. The van der Waals surface area contributed by atoms with Crippen LogP contribution in [-0.2, 0) is 6.42 Å². The van der Waals surface area contributed by atoms with Crippen LogP contribution in [0.4, 0.5) is 0 Å². The Kier molecular flexibility index (Phi) is 3.36. The third kappa shape index (κ3) is 2.32. The third-order valence-corrected chi connectivity index (χ3v) is 5.38. The van der Waals surface area contributed by atoms with Gasteiger partial charge in [-0.15, -0.1) is 11.3 Å². The summed E-state index contributed by atoms with van der Waals surface area (Å²) in [5.74, 6) is 1.72. The Morgan fingerprint density at radius 3 is 2.90 bits per heavy atom. The molecule has 2 aliphatic rings. The molecule has 0 saturated heterocycles. The Morgan fingerprint density at radius 2 is 2.00 bits per heavy atom. The van der Waals surface area contributed by atoms with Crippen LogP contribution in [0.5, 0.6) is 11.5 Å². The smallest absolute Gasteiger partial charge is 0.161 e. The van der Waals surface area contributed by atoms with E-state index in [-0.39, 0.29) is 5.92 Å². The van der Waals surface area contributed by atoms with E-state index in [2.05, 4.69) is 11.4 Å². The van der Waals surface area contributed by atoms with Gasteiger partial charge in [-0.05, 0) is 54.0 Å². The Hall–Kier alpha value is -1.52. The van der Waals surface area contributed by atoms with Crippen molar-refractivity contribution in [2.24, 2.45) is 0 Å². The molecular formula is C17H18O3S. The van der Waals surface area contributed by atoms with Crippen LogP contribution >= 0.6 is 11.3 Å². The molecule has 1 aromatic heterocycles. The fourth-order valence-corrected chi connectivity index (χ4v) is 4.32. The lowest BCUT2D eigenvalue weighted by molar-refractivity contribution is 0.134. The highest BCUT2D eigenvalue weighted by molar-refractivity contribution is 7.10. The molecule has 3 nitrogen and oxygen atoms in total. The van der Waals surface area contributed by atoms with Gasteiger partial charge < -0.3 is 14.6 Å². The van der Waals surface area contributed by atoms with Gasteiger partial charge in [0.25, 0.3) is 0 Å². The van der Waals surface area contributed by atoms with Gasteiger partial charge >= 0.3 is 0 Å². The van der Waals surface area contributed by atoms with Gasteiger partial charge in [0.1, 0.15) is 13.2 Å². The zero-order chi connectivity index (χ0) is 14.2. The lowest BCUT2D eigenvalue weighted by atomic mass is 9.81. The Morgan fingerprint density at radius 1 is 1.14 bits per heavy atom. The molecule has 2 atom stereocenters. The van der Waals surface area contributed by atoms with Gasteiger partial charge in [0.05, 0.1) is 6.10 Å². The summed E-state index contributed by atoms with van der Waals surface area (Å²) in [6.07, 6.45) is 2.87. The minimum Gasteiger partial charge on any atom is -0.486 e. The number of hydrogen-bond acceptors (Lipinski definition) is 4. The van der Waals surface area contributed by atoms with Crippen LogP contribution in [0.15, 0.2) is 29.6 Å². The zero-order valence-corrected chi connectivity index (χ0v) is 12.6. The van der Waals surface area contributed by atoms with E-state index in [1.807, 2.05) is 29.5 Å². The van der Waals surface area contributed by atoms with E-state index in [4.69, 9.17) is 9.47 Å². The van der Waals surface area contributed by atoms with E-state index < -0.39 is 6.10 Å². The number of thiophene rings is 1. The Balaban J connectivity index is 1.65. The van der Waals surface area contributed by atoms with Crippen molar-refractivity contribution in [3.8, 4) is 11.5 Å². The molecule has 1 aliphatic carbocycles. The normalized spacial score (nSPS) is 21.7. The van der Waals surface area contributed by atoms with Crippen molar-refractivity contribution in [3.05, 3.63) is 45.6 Å². The molecule has 4 heteroatoms. The number of aliphatic hydroxyl groups excluding tert-OH is 1. The molecule has 1 N–H and O–H groups in total. The summed E-state index contributed by atoms with van der Waals surface area (Å²) in [4.78, 5) is 1.43. The number of fused-ring (bicyclic) bond motifs is 2. The van der Waals surface area contributed by atoms with E-state index in [9.17, 15) is 5.11 Å². The van der Waals surface area contributed by atoms with Gasteiger partial charge in [0.2, 0.25) is 0 Å². The van der Waals surface area contributed by atoms with E-state index in [1.54, 1.807) is 0 Å². The number of hydrogen-bond donors (Lipinski definition) is 1. The molecule has 0 spiro atoms. The number of aliphatic hydroxyl groups is 1. The zero-order valence-electron chi connectivity index (χ0n) is 11.7. The largest absolute Gasteiger partial charge is 0.486 e. The predicted molar refractivity (Wildman–Crippen MR) is 82.4 cm³/mol. The first-order chi connectivity index (χ1) is 10.3. The van der Waals surface area contributed by atoms with Crippen molar-refractivity contribution in [2.75, 3.05) is 13.2 Å². The highest BCUT2D eigenvalue weighted by Crippen LogP contribution is 2.43. The summed E-state index contributed by atoms with van der Waals surface area (Å²) < 4.78 is 11.2. The first kappa shape index (κ1) is 13.2. The maximum absolute atomic E-state index is 10.8.